The van der Waals surface area contributed by atoms with Crippen LogP contribution in [0.4, 0.5) is 10.5 Å². The number of ketones is 2. The van der Waals surface area contributed by atoms with E-state index in [1.54, 1.807) is 0 Å². The topological polar surface area (TPSA) is 211 Å². The quantitative estimate of drug-likeness (QED) is 0.100. The molecule has 12 heteroatoms. The molecule has 1 amide bonds. The molecule has 218 valence electrons. The summed E-state index contributed by atoms with van der Waals surface area (Å²) in [7, 11) is 0. The highest BCUT2D eigenvalue weighted by Gasteiger charge is 2.50. The molecule has 2 rings (SSSR count). The second-order valence-corrected chi connectivity index (χ2v) is 10.5. The minimum atomic E-state index is -2.23. The van der Waals surface area contributed by atoms with E-state index in [0.29, 0.717) is 12.0 Å². The van der Waals surface area contributed by atoms with Crippen LogP contribution < -0.4 is 5.32 Å². The largest absolute Gasteiger partial charge is 0.505 e. The molecule has 0 fully saturated rings. The number of aliphatic carboxylic acids is 1. The van der Waals surface area contributed by atoms with Gasteiger partial charge >= 0.3 is 12.1 Å². The molecule has 1 aromatic carbocycles. The molecule has 0 aliphatic heterocycles. The van der Waals surface area contributed by atoms with Gasteiger partial charge in [-0.1, -0.05) is 27.2 Å². The lowest BCUT2D eigenvalue weighted by Gasteiger charge is -2.43. The van der Waals surface area contributed by atoms with Crippen LogP contribution in [-0.4, -0.2) is 85.3 Å². The van der Waals surface area contributed by atoms with E-state index in [1.807, 2.05) is 20.8 Å². The molecule has 0 saturated carbocycles. The molecule has 0 radical (unpaired) electrons. The summed E-state index contributed by atoms with van der Waals surface area (Å²) in [5.74, 6) is -5.52. The van der Waals surface area contributed by atoms with Gasteiger partial charge in [0.25, 0.3) is 0 Å². The highest BCUT2D eigenvalue weighted by molar-refractivity contribution is 6.05. The van der Waals surface area contributed by atoms with Crippen molar-refractivity contribution < 1.29 is 54.6 Å². The van der Waals surface area contributed by atoms with Crippen LogP contribution in [-0.2, 0) is 20.7 Å². The van der Waals surface area contributed by atoms with E-state index in [1.165, 1.54) is 6.07 Å². The molecule has 12 nitrogen and oxygen atoms in total. The Labute approximate surface area is 226 Å². The number of fused-ring (bicyclic) bond motifs is 1. The summed E-state index contributed by atoms with van der Waals surface area (Å²) in [4.78, 5) is 49.1. The van der Waals surface area contributed by atoms with Crippen molar-refractivity contribution in [2.75, 3.05) is 25.1 Å². The number of aliphatic hydroxyl groups excluding tert-OH is 2. The zero-order valence-electron chi connectivity index (χ0n) is 22.5. The standard InChI is InChI=1S/C27H39NO11/c1-4-5-8-39-25(36)28-19-9-16(15(2)3)17-11-26(37,12-21(32)23(17)24(19)35)14-27(38,6-7-29)18(13-30)20(31)10-22(33)34/h9,15,18,29-30,35,37-38H,4-8,10-14H2,1-3H3,(H,28,36)(H,33,34). The van der Waals surface area contributed by atoms with Gasteiger partial charge in [0.15, 0.2) is 11.6 Å². The first-order valence-electron chi connectivity index (χ1n) is 13.0. The average molecular weight is 554 g/mol. The summed E-state index contributed by atoms with van der Waals surface area (Å²) in [6.07, 6.45) is -2.26. The normalized spacial score (nSPS) is 19.2. The number of aromatic hydroxyl groups is 1. The maximum Gasteiger partial charge on any atom is 0.411 e. The van der Waals surface area contributed by atoms with Crippen molar-refractivity contribution >= 4 is 29.3 Å². The van der Waals surface area contributed by atoms with Crippen LogP contribution in [0.25, 0.3) is 0 Å². The van der Waals surface area contributed by atoms with Gasteiger partial charge in [0.2, 0.25) is 0 Å². The van der Waals surface area contributed by atoms with Gasteiger partial charge in [0.1, 0.15) is 12.2 Å². The molecule has 3 atom stereocenters. The lowest BCUT2D eigenvalue weighted by atomic mass is 9.67. The number of hydrogen-bond acceptors (Lipinski definition) is 10. The van der Waals surface area contributed by atoms with Crippen molar-refractivity contribution in [3.63, 3.8) is 0 Å². The van der Waals surface area contributed by atoms with E-state index in [0.717, 1.165) is 6.42 Å². The number of rotatable bonds is 14. The third kappa shape index (κ3) is 7.75. The van der Waals surface area contributed by atoms with E-state index in [4.69, 9.17) is 9.84 Å². The molecule has 0 spiro atoms. The van der Waals surface area contributed by atoms with Crippen LogP contribution >= 0.6 is 0 Å². The van der Waals surface area contributed by atoms with Crippen LogP contribution in [0, 0.1) is 5.92 Å². The van der Waals surface area contributed by atoms with Crippen LogP contribution in [0.1, 0.15) is 86.7 Å². The Kier molecular flexibility index (Phi) is 11.0. The number of carbonyl (C=O) groups is 4. The number of ether oxygens (including phenoxy) is 1. The lowest BCUT2D eigenvalue weighted by Crippen LogP contribution is -2.53. The van der Waals surface area contributed by atoms with Gasteiger partial charge in [-0.25, -0.2) is 4.79 Å². The predicted octanol–water partition coefficient (Wildman–Crippen LogP) is 1.88. The summed E-state index contributed by atoms with van der Waals surface area (Å²) in [5, 5.41) is 64.7. The van der Waals surface area contributed by atoms with Crippen molar-refractivity contribution in [2.45, 2.75) is 82.8 Å². The molecular formula is C27H39NO11. The number of phenolic OH excluding ortho intramolecular Hbond substituents is 1. The molecule has 7 N–H and O–H groups in total. The number of amides is 1. The first-order chi connectivity index (χ1) is 18.2. The number of aliphatic hydroxyl groups is 4. The van der Waals surface area contributed by atoms with Crippen LogP contribution in [0.15, 0.2) is 6.07 Å². The van der Waals surface area contributed by atoms with Gasteiger partial charge in [-0.05, 0) is 29.5 Å². The van der Waals surface area contributed by atoms with E-state index < -0.39 is 85.4 Å². The number of nitrogens with one attached hydrogen (secondary N) is 1. The fraction of sp³-hybridized carbons (Fsp3) is 0.630. The number of anilines is 1. The van der Waals surface area contributed by atoms with Gasteiger partial charge in [-0.3, -0.25) is 19.7 Å². The number of carboxylic acids is 1. The second-order valence-electron chi connectivity index (χ2n) is 10.5. The Morgan fingerprint density at radius 3 is 2.41 bits per heavy atom. The average Bonchev–Trinajstić information content (AvgIpc) is 2.80. The summed E-state index contributed by atoms with van der Waals surface area (Å²) in [6, 6.07) is 1.48. The fourth-order valence-electron chi connectivity index (χ4n) is 5.19. The molecular weight excluding hydrogens is 514 g/mol. The molecule has 1 aromatic rings. The number of carbonyl (C=O) groups excluding carboxylic acids is 3. The first-order valence-corrected chi connectivity index (χ1v) is 13.0. The summed E-state index contributed by atoms with van der Waals surface area (Å²) < 4.78 is 5.08. The smallest absolute Gasteiger partial charge is 0.411 e. The SMILES string of the molecule is CCCCOC(=O)Nc1cc(C(C)C)c2c(c1O)C(=O)CC(O)(CC(O)(CCO)C(CO)C(=O)CC(=O)O)C2. The second kappa shape index (κ2) is 13.3. The third-order valence-corrected chi connectivity index (χ3v) is 7.03. The summed E-state index contributed by atoms with van der Waals surface area (Å²) >= 11 is 0. The number of unbranched alkanes of at least 4 members (excludes halogenated alkanes) is 1. The molecule has 0 heterocycles. The molecule has 39 heavy (non-hydrogen) atoms. The Balaban J connectivity index is 2.49. The fourth-order valence-corrected chi connectivity index (χ4v) is 5.19. The number of Topliss-reactive ketones (excluding diaryl/α,β-unsaturated/α-hetero) is 2. The predicted molar refractivity (Wildman–Crippen MR) is 139 cm³/mol. The third-order valence-electron chi connectivity index (χ3n) is 7.03. The molecule has 1 aliphatic carbocycles. The highest BCUT2D eigenvalue weighted by atomic mass is 16.5. The molecule has 0 saturated heterocycles. The van der Waals surface area contributed by atoms with E-state index in [9.17, 15) is 44.7 Å². The van der Waals surface area contributed by atoms with Crippen molar-refractivity contribution in [3.05, 3.63) is 22.8 Å². The molecule has 3 unspecified atom stereocenters. The number of phenols is 1. The van der Waals surface area contributed by atoms with E-state index >= 15 is 0 Å². The zero-order chi connectivity index (χ0) is 29.5. The molecule has 0 aromatic heterocycles. The monoisotopic (exact) mass is 553 g/mol. The number of hydrogen-bond donors (Lipinski definition) is 7. The first kappa shape index (κ1) is 32.2. The lowest BCUT2D eigenvalue weighted by molar-refractivity contribution is -0.151. The number of benzene rings is 1. The minimum Gasteiger partial charge on any atom is -0.505 e. The van der Waals surface area contributed by atoms with Crippen molar-refractivity contribution in [2.24, 2.45) is 5.92 Å². The molecule has 1 aliphatic rings. The Morgan fingerprint density at radius 2 is 1.87 bits per heavy atom. The van der Waals surface area contributed by atoms with Crippen LogP contribution in [0.5, 0.6) is 5.75 Å². The molecule has 0 bridgehead atoms. The van der Waals surface area contributed by atoms with Gasteiger partial charge in [0, 0.05) is 32.3 Å². The van der Waals surface area contributed by atoms with E-state index in [2.05, 4.69) is 5.32 Å². The van der Waals surface area contributed by atoms with Crippen LogP contribution in [0.2, 0.25) is 0 Å². The van der Waals surface area contributed by atoms with Gasteiger partial charge in [-0.2, -0.15) is 0 Å². The Bertz CT molecular complexity index is 1090. The summed E-state index contributed by atoms with van der Waals surface area (Å²) in [5.41, 5.74) is -3.50. The van der Waals surface area contributed by atoms with Crippen molar-refractivity contribution in [3.8, 4) is 5.75 Å². The zero-order valence-corrected chi connectivity index (χ0v) is 22.5. The van der Waals surface area contributed by atoms with Gasteiger partial charge in [0.05, 0.1) is 41.6 Å². The maximum atomic E-state index is 13.3. The van der Waals surface area contributed by atoms with Gasteiger partial charge < -0.3 is 35.4 Å². The highest BCUT2D eigenvalue weighted by Crippen LogP contribution is 2.45. The van der Waals surface area contributed by atoms with Crippen LogP contribution in [0.3, 0.4) is 0 Å². The van der Waals surface area contributed by atoms with Crippen molar-refractivity contribution in [1.29, 1.82) is 0 Å². The number of carboxylic acid groups (broad SMARTS) is 1. The van der Waals surface area contributed by atoms with Crippen molar-refractivity contribution in [1.82, 2.24) is 0 Å². The minimum absolute atomic E-state index is 0.0332. The summed E-state index contributed by atoms with van der Waals surface area (Å²) in [6.45, 7) is 4.14. The van der Waals surface area contributed by atoms with E-state index in [-0.39, 0.29) is 35.8 Å². The Morgan fingerprint density at radius 1 is 1.21 bits per heavy atom. The Hall–Kier alpha value is -3.06. The van der Waals surface area contributed by atoms with Gasteiger partial charge in [-0.15, -0.1) is 0 Å². The maximum absolute atomic E-state index is 13.3.